The summed E-state index contributed by atoms with van der Waals surface area (Å²) < 4.78 is 5.13. The van der Waals surface area contributed by atoms with Crippen molar-refractivity contribution < 1.29 is 9.53 Å². The highest BCUT2D eigenvalue weighted by Gasteiger charge is 2.23. The predicted octanol–water partition coefficient (Wildman–Crippen LogP) is 0.753. The molecule has 0 bridgehead atoms. The molecule has 7 heteroatoms. The number of rotatable bonds is 5. The molecule has 1 aliphatic rings. The fraction of sp³-hybridized carbons (Fsp3) is 0.562. The van der Waals surface area contributed by atoms with Gasteiger partial charge in [0.2, 0.25) is 11.8 Å². The Morgan fingerprint density at radius 3 is 3.09 bits per heavy atom. The monoisotopic (exact) mass is 319 g/mol. The van der Waals surface area contributed by atoms with Crippen molar-refractivity contribution in [2.45, 2.75) is 25.8 Å². The number of amides is 1. The molecule has 1 amide bonds. The van der Waals surface area contributed by atoms with Crippen LogP contribution in [-0.4, -0.2) is 49.0 Å². The van der Waals surface area contributed by atoms with Crippen LogP contribution < -0.4 is 15.8 Å². The Kier molecular flexibility index (Phi) is 6.19. The number of aliphatic imine (C=N–C) groups is 1. The minimum Gasteiger partial charge on any atom is -0.481 e. The Morgan fingerprint density at radius 1 is 1.57 bits per heavy atom. The van der Waals surface area contributed by atoms with Crippen LogP contribution in [-0.2, 0) is 11.3 Å². The number of hydrogen-bond donors (Lipinski definition) is 2. The minimum absolute atomic E-state index is 0.236. The van der Waals surface area contributed by atoms with Gasteiger partial charge in [0.25, 0.3) is 0 Å². The molecule has 1 fully saturated rings. The number of nitrogens with one attached hydrogen (secondary N) is 1. The summed E-state index contributed by atoms with van der Waals surface area (Å²) in [6, 6.07) is 5.67. The topological polar surface area (TPSA) is 92.8 Å². The molecule has 0 spiro atoms. The van der Waals surface area contributed by atoms with Crippen LogP contribution in [0.1, 0.15) is 25.0 Å². The standard InChI is InChI=1S/C16H25N5O2/c1-18-16(19-10-13-6-3-7-15(20-13)23-2)21-8-4-5-12(11-21)9-14(17)22/h3,6-7,12H,4-5,8-11H2,1-2H3,(H2,17,22)(H,18,19). The maximum atomic E-state index is 11.1. The summed E-state index contributed by atoms with van der Waals surface area (Å²) in [4.78, 5) is 22.0. The van der Waals surface area contributed by atoms with E-state index in [9.17, 15) is 4.79 Å². The number of carbonyl (C=O) groups is 1. The molecule has 0 radical (unpaired) electrons. The Bertz CT molecular complexity index is 561. The van der Waals surface area contributed by atoms with Crippen molar-refractivity contribution in [1.82, 2.24) is 15.2 Å². The maximum Gasteiger partial charge on any atom is 0.217 e. The van der Waals surface area contributed by atoms with E-state index >= 15 is 0 Å². The average molecular weight is 319 g/mol. The van der Waals surface area contributed by atoms with Crippen LogP contribution in [0.2, 0.25) is 0 Å². The molecule has 3 N–H and O–H groups in total. The number of pyridine rings is 1. The fourth-order valence-corrected chi connectivity index (χ4v) is 2.88. The number of carbonyl (C=O) groups excluding carboxylic acids is 1. The molecular formula is C16H25N5O2. The molecule has 0 aliphatic carbocycles. The summed E-state index contributed by atoms with van der Waals surface area (Å²) in [5, 5.41) is 3.32. The van der Waals surface area contributed by atoms with E-state index < -0.39 is 0 Å². The van der Waals surface area contributed by atoms with Gasteiger partial charge in [-0.25, -0.2) is 4.98 Å². The zero-order valence-electron chi connectivity index (χ0n) is 13.8. The van der Waals surface area contributed by atoms with Crippen molar-refractivity contribution in [3.05, 3.63) is 23.9 Å². The van der Waals surface area contributed by atoms with E-state index in [0.29, 0.717) is 24.8 Å². The number of hydrogen-bond acceptors (Lipinski definition) is 4. The molecule has 7 nitrogen and oxygen atoms in total. The fourth-order valence-electron chi connectivity index (χ4n) is 2.88. The number of methoxy groups -OCH3 is 1. The van der Waals surface area contributed by atoms with Gasteiger partial charge in [0, 0.05) is 32.6 Å². The summed E-state index contributed by atoms with van der Waals surface area (Å²) in [6.45, 7) is 2.30. The van der Waals surface area contributed by atoms with Crippen molar-refractivity contribution >= 4 is 11.9 Å². The third kappa shape index (κ3) is 5.12. The van der Waals surface area contributed by atoms with Gasteiger partial charge < -0.3 is 20.7 Å². The third-order valence-electron chi connectivity index (χ3n) is 3.94. The summed E-state index contributed by atoms with van der Waals surface area (Å²) in [6.07, 6.45) is 2.51. The van der Waals surface area contributed by atoms with Crippen LogP contribution >= 0.6 is 0 Å². The van der Waals surface area contributed by atoms with Gasteiger partial charge in [-0.2, -0.15) is 0 Å². The number of nitrogens with two attached hydrogens (primary N) is 1. The SMILES string of the molecule is CN=C(NCc1cccc(OC)n1)N1CCCC(CC(N)=O)C1. The number of aromatic nitrogens is 1. The van der Waals surface area contributed by atoms with Crippen molar-refractivity contribution in [3.63, 3.8) is 0 Å². The van der Waals surface area contributed by atoms with Crippen LogP contribution in [0.25, 0.3) is 0 Å². The summed E-state index contributed by atoms with van der Waals surface area (Å²) in [5.41, 5.74) is 6.20. The minimum atomic E-state index is -0.236. The first-order valence-electron chi connectivity index (χ1n) is 7.86. The smallest absolute Gasteiger partial charge is 0.217 e. The third-order valence-corrected chi connectivity index (χ3v) is 3.94. The molecule has 1 aromatic rings. The maximum absolute atomic E-state index is 11.1. The van der Waals surface area contributed by atoms with E-state index in [2.05, 4.69) is 20.2 Å². The lowest BCUT2D eigenvalue weighted by Crippen LogP contribution is -2.47. The summed E-state index contributed by atoms with van der Waals surface area (Å²) in [5.74, 6) is 1.48. The molecule has 0 aromatic carbocycles. The van der Waals surface area contributed by atoms with Crippen molar-refractivity contribution in [2.75, 3.05) is 27.2 Å². The van der Waals surface area contributed by atoms with E-state index in [1.807, 2.05) is 18.2 Å². The molecule has 1 saturated heterocycles. The molecule has 2 rings (SSSR count). The second kappa shape index (κ2) is 8.36. The molecular weight excluding hydrogens is 294 g/mol. The highest BCUT2D eigenvalue weighted by Crippen LogP contribution is 2.19. The number of piperidine rings is 1. The van der Waals surface area contributed by atoms with Gasteiger partial charge in [0.1, 0.15) is 0 Å². The first kappa shape index (κ1) is 17.1. The Balaban J connectivity index is 1.92. The zero-order chi connectivity index (χ0) is 16.7. The van der Waals surface area contributed by atoms with E-state index in [-0.39, 0.29) is 5.91 Å². The van der Waals surface area contributed by atoms with Crippen molar-refractivity contribution in [3.8, 4) is 5.88 Å². The summed E-state index contributed by atoms with van der Waals surface area (Å²) >= 11 is 0. The van der Waals surface area contributed by atoms with E-state index in [4.69, 9.17) is 10.5 Å². The molecule has 2 heterocycles. The number of primary amides is 1. The van der Waals surface area contributed by atoms with Crippen molar-refractivity contribution in [1.29, 1.82) is 0 Å². The molecule has 23 heavy (non-hydrogen) atoms. The zero-order valence-corrected chi connectivity index (χ0v) is 13.8. The van der Waals surface area contributed by atoms with Gasteiger partial charge in [-0.15, -0.1) is 0 Å². The second-order valence-electron chi connectivity index (χ2n) is 5.70. The van der Waals surface area contributed by atoms with E-state index in [1.165, 1.54) is 0 Å². The number of likely N-dealkylation sites (tertiary alicyclic amines) is 1. The summed E-state index contributed by atoms with van der Waals surface area (Å²) in [7, 11) is 3.37. The van der Waals surface area contributed by atoms with Gasteiger partial charge >= 0.3 is 0 Å². The van der Waals surface area contributed by atoms with Crippen LogP contribution in [0, 0.1) is 5.92 Å². The Labute approximate surface area is 136 Å². The molecule has 1 atom stereocenters. The van der Waals surface area contributed by atoms with Crippen LogP contribution in [0.15, 0.2) is 23.2 Å². The second-order valence-corrected chi connectivity index (χ2v) is 5.70. The van der Waals surface area contributed by atoms with Gasteiger partial charge in [-0.05, 0) is 24.8 Å². The number of nitrogens with zero attached hydrogens (tertiary/aromatic N) is 3. The van der Waals surface area contributed by atoms with Crippen LogP contribution in [0.5, 0.6) is 5.88 Å². The molecule has 0 saturated carbocycles. The number of guanidine groups is 1. The highest BCUT2D eigenvalue weighted by atomic mass is 16.5. The predicted molar refractivity (Wildman–Crippen MR) is 89.1 cm³/mol. The van der Waals surface area contributed by atoms with Gasteiger partial charge in [0.05, 0.1) is 19.3 Å². The normalized spacial score (nSPS) is 18.6. The van der Waals surface area contributed by atoms with E-state index in [0.717, 1.165) is 37.6 Å². The lowest BCUT2D eigenvalue weighted by molar-refractivity contribution is -0.119. The first-order chi connectivity index (χ1) is 11.1. The van der Waals surface area contributed by atoms with Gasteiger partial charge in [0.15, 0.2) is 5.96 Å². The quantitative estimate of drug-likeness (QED) is 0.617. The van der Waals surface area contributed by atoms with Gasteiger partial charge in [-0.3, -0.25) is 9.79 Å². The van der Waals surface area contributed by atoms with Crippen LogP contribution in [0.4, 0.5) is 0 Å². The van der Waals surface area contributed by atoms with Crippen LogP contribution in [0.3, 0.4) is 0 Å². The molecule has 126 valence electrons. The molecule has 1 unspecified atom stereocenters. The molecule has 1 aromatic heterocycles. The molecule has 1 aliphatic heterocycles. The van der Waals surface area contributed by atoms with Crippen molar-refractivity contribution in [2.24, 2.45) is 16.6 Å². The average Bonchev–Trinajstić information content (AvgIpc) is 2.55. The largest absolute Gasteiger partial charge is 0.481 e. The first-order valence-corrected chi connectivity index (χ1v) is 7.86. The lowest BCUT2D eigenvalue weighted by atomic mass is 9.95. The Hall–Kier alpha value is -2.31. The van der Waals surface area contributed by atoms with E-state index in [1.54, 1.807) is 14.2 Å². The van der Waals surface area contributed by atoms with Gasteiger partial charge in [-0.1, -0.05) is 6.07 Å². The Morgan fingerprint density at radius 2 is 2.39 bits per heavy atom. The lowest BCUT2D eigenvalue weighted by Gasteiger charge is -2.34. The highest BCUT2D eigenvalue weighted by molar-refractivity contribution is 5.80. The number of ether oxygens (including phenoxy) is 1.